The van der Waals surface area contributed by atoms with Gasteiger partial charge in [0.1, 0.15) is 11.3 Å². The van der Waals surface area contributed by atoms with Crippen molar-refractivity contribution >= 4 is 28.5 Å². The van der Waals surface area contributed by atoms with Crippen molar-refractivity contribution in [3.8, 4) is 22.8 Å². The third-order valence-corrected chi connectivity index (χ3v) is 5.44. The Morgan fingerprint density at radius 3 is 2.81 bits per heavy atom. The molecule has 4 aromatic rings. The van der Waals surface area contributed by atoms with Crippen molar-refractivity contribution in [2.75, 3.05) is 7.11 Å². The van der Waals surface area contributed by atoms with Crippen molar-refractivity contribution in [1.82, 2.24) is 9.97 Å². The molecule has 0 spiro atoms. The molecule has 0 aliphatic rings. The maximum Gasteiger partial charge on any atom is 0.328 e. The summed E-state index contributed by atoms with van der Waals surface area (Å²) in [5.41, 5.74) is 2.59. The molecule has 0 saturated carbocycles. The van der Waals surface area contributed by atoms with E-state index in [1.165, 1.54) is 19.5 Å². The van der Waals surface area contributed by atoms with Crippen LogP contribution in [0.3, 0.4) is 0 Å². The Hall–Kier alpha value is -3.78. The lowest BCUT2D eigenvalue weighted by molar-refractivity contribution is -0.138. The molecule has 4 rings (SSSR count). The number of phenolic OH excluding ortho intramolecular Hbond substituents is 1. The molecule has 0 fully saturated rings. The van der Waals surface area contributed by atoms with E-state index in [1.54, 1.807) is 36.5 Å². The van der Waals surface area contributed by atoms with Crippen LogP contribution in [0, 0.1) is 6.92 Å². The summed E-state index contributed by atoms with van der Waals surface area (Å²) < 4.78 is 11.3. The fourth-order valence-electron chi connectivity index (χ4n) is 3.33. The number of benzene rings is 2. The molecule has 2 heterocycles. The van der Waals surface area contributed by atoms with E-state index < -0.39 is 12.0 Å². The number of aliphatic carboxylic acids is 1. The van der Waals surface area contributed by atoms with Gasteiger partial charge in [0, 0.05) is 40.4 Å². The van der Waals surface area contributed by atoms with Crippen LogP contribution in [0.2, 0.25) is 5.02 Å². The fourth-order valence-corrected chi connectivity index (χ4v) is 3.49. The van der Waals surface area contributed by atoms with Gasteiger partial charge in [-0.05, 0) is 42.8 Å². The van der Waals surface area contributed by atoms with Gasteiger partial charge in [-0.15, -0.1) is 0 Å². The first-order valence-electron chi connectivity index (χ1n) is 9.71. The highest BCUT2D eigenvalue weighted by Crippen LogP contribution is 2.32. The minimum absolute atomic E-state index is 0.00456. The number of nitrogens with zero attached hydrogens (tertiary/aromatic N) is 2. The summed E-state index contributed by atoms with van der Waals surface area (Å²) in [4.78, 5) is 23.3. The number of aryl methyl sites for hydroxylation is 1. The topological polar surface area (TPSA) is 121 Å². The van der Waals surface area contributed by atoms with E-state index in [9.17, 15) is 15.0 Å². The first-order valence-corrected chi connectivity index (χ1v) is 10.1. The summed E-state index contributed by atoms with van der Waals surface area (Å²) in [6.07, 6.45) is 3.20. The molecule has 0 aliphatic heterocycles. The van der Waals surface area contributed by atoms with E-state index in [0.29, 0.717) is 38.4 Å². The van der Waals surface area contributed by atoms with Gasteiger partial charge in [-0.25, -0.2) is 9.78 Å². The molecule has 0 amide bonds. The molecular formula is C23H20ClN3O5. The second-order valence-electron chi connectivity index (χ2n) is 7.24. The van der Waals surface area contributed by atoms with Crippen molar-refractivity contribution in [1.29, 1.82) is 0 Å². The van der Waals surface area contributed by atoms with E-state index in [2.05, 4.69) is 15.0 Å². The number of methoxy groups -OCH3 is 1. The third kappa shape index (κ3) is 4.31. The molecule has 0 radical (unpaired) electrons. The van der Waals surface area contributed by atoms with Gasteiger partial charge in [-0.3, -0.25) is 4.99 Å². The van der Waals surface area contributed by atoms with E-state index in [4.69, 9.17) is 20.8 Å². The van der Waals surface area contributed by atoms with Crippen LogP contribution < -0.4 is 10.1 Å². The number of carboxylic acid groups (broad SMARTS) is 1. The second kappa shape index (κ2) is 8.76. The highest BCUT2D eigenvalue weighted by molar-refractivity contribution is 6.32. The monoisotopic (exact) mass is 453 g/mol. The number of ether oxygens (including phenoxy) is 1. The maximum atomic E-state index is 11.9. The van der Waals surface area contributed by atoms with Gasteiger partial charge < -0.3 is 24.4 Å². The summed E-state index contributed by atoms with van der Waals surface area (Å²) >= 11 is 6.33. The number of fused-ring (bicyclic) bond motifs is 1. The van der Waals surface area contributed by atoms with Gasteiger partial charge in [0.25, 0.3) is 0 Å². The Balaban J connectivity index is 1.94. The number of carboxylic acids is 1. The summed E-state index contributed by atoms with van der Waals surface area (Å²) in [5.74, 6) is -0.358. The Morgan fingerprint density at radius 2 is 2.12 bits per heavy atom. The Kier molecular flexibility index (Phi) is 5.87. The molecule has 2 aromatic heterocycles. The second-order valence-corrected chi connectivity index (χ2v) is 7.65. The molecule has 0 unspecified atom stereocenters. The zero-order valence-corrected chi connectivity index (χ0v) is 18.1. The lowest BCUT2D eigenvalue weighted by atomic mass is 10.1. The molecule has 0 aliphatic carbocycles. The van der Waals surface area contributed by atoms with Crippen molar-refractivity contribution < 1.29 is 24.2 Å². The van der Waals surface area contributed by atoms with Gasteiger partial charge >= 0.3 is 5.97 Å². The number of aromatic amines is 1. The van der Waals surface area contributed by atoms with E-state index in [-0.39, 0.29) is 17.9 Å². The average Bonchev–Trinajstić information content (AvgIpc) is 3.28. The lowest BCUT2D eigenvalue weighted by Gasteiger charge is -2.11. The van der Waals surface area contributed by atoms with Crippen molar-refractivity contribution in [2.45, 2.75) is 19.4 Å². The molecular weight excluding hydrogens is 434 g/mol. The minimum Gasteiger partial charge on any atom is -0.504 e. The minimum atomic E-state index is -1.07. The Labute approximate surface area is 187 Å². The highest BCUT2D eigenvalue weighted by Gasteiger charge is 2.19. The normalized spacial score (nSPS) is 12.8. The van der Waals surface area contributed by atoms with Crippen LogP contribution in [0.1, 0.15) is 11.3 Å². The summed E-state index contributed by atoms with van der Waals surface area (Å²) in [6.45, 7) is 1.85. The van der Waals surface area contributed by atoms with Gasteiger partial charge in [-0.1, -0.05) is 11.6 Å². The van der Waals surface area contributed by atoms with E-state index >= 15 is 0 Å². The van der Waals surface area contributed by atoms with Crippen LogP contribution in [0.4, 0.5) is 0 Å². The predicted octanol–water partition coefficient (Wildman–Crippen LogP) is 4.10. The van der Waals surface area contributed by atoms with Crippen LogP contribution in [-0.2, 0) is 11.2 Å². The molecule has 0 bridgehead atoms. The lowest BCUT2D eigenvalue weighted by Crippen LogP contribution is -2.24. The van der Waals surface area contributed by atoms with Crippen molar-refractivity contribution in [2.24, 2.45) is 4.99 Å². The fraction of sp³-hybridized carbons (Fsp3) is 0.174. The molecule has 2 aromatic carbocycles. The largest absolute Gasteiger partial charge is 0.504 e. The van der Waals surface area contributed by atoms with E-state index in [1.807, 2.05) is 6.92 Å². The predicted molar refractivity (Wildman–Crippen MR) is 119 cm³/mol. The number of imidazole rings is 1. The Morgan fingerprint density at radius 1 is 1.31 bits per heavy atom. The maximum absolute atomic E-state index is 11.9. The SMILES string of the molecule is COc1cc(-c2cc(=N[C@@H](Cc3cnc[nH]3)C(=O)O)c3cc(Cl)c(C)cc3o2)ccc1O. The number of hydrogen-bond acceptors (Lipinski definition) is 6. The first kappa shape index (κ1) is 21.5. The van der Waals surface area contributed by atoms with Gasteiger partial charge in [0.05, 0.1) is 18.8 Å². The van der Waals surface area contributed by atoms with Gasteiger partial charge in [0.2, 0.25) is 0 Å². The van der Waals surface area contributed by atoms with Crippen LogP contribution >= 0.6 is 11.6 Å². The molecule has 1 atom stereocenters. The molecule has 32 heavy (non-hydrogen) atoms. The van der Waals surface area contributed by atoms with Gasteiger partial charge in [0.15, 0.2) is 17.5 Å². The molecule has 9 heteroatoms. The zero-order valence-electron chi connectivity index (χ0n) is 17.3. The molecule has 164 valence electrons. The highest BCUT2D eigenvalue weighted by atomic mass is 35.5. The number of hydrogen-bond donors (Lipinski definition) is 3. The van der Waals surface area contributed by atoms with Crippen molar-refractivity contribution in [3.63, 3.8) is 0 Å². The smallest absolute Gasteiger partial charge is 0.328 e. The molecule has 8 nitrogen and oxygen atoms in total. The average molecular weight is 454 g/mol. The third-order valence-electron chi connectivity index (χ3n) is 5.04. The number of halogens is 1. The number of H-pyrrole nitrogens is 1. The quantitative estimate of drug-likeness (QED) is 0.404. The standard InChI is InChI=1S/C23H20ClN3O5/c1-12-5-21-15(8-16(12)24)17(27-18(23(29)30)7-14-10-25-11-26-14)9-20(32-21)13-3-4-19(28)22(6-13)31-2/h3-6,8-11,18,28H,7H2,1-2H3,(H,25,26)(H,29,30)/t18-/m0/s1. The van der Waals surface area contributed by atoms with Crippen LogP contribution in [-0.4, -0.2) is 39.3 Å². The zero-order chi connectivity index (χ0) is 22.8. The Bertz CT molecular complexity index is 1360. The summed E-state index contributed by atoms with van der Waals surface area (Å²) in [6, 6.07) is 8.90. The number of rotatable bonds is 6. The van der Waals surface area contributed by atoms with Crippen molar-refractivity contribution in [3.05, 3.63) is 70.6 Å². The summed E-state index contributed by atoms with van der Waals surface area (Å²) in [7, 11) is 1.45. The molecule has 3 N–H and O–H groups in total. The number of phenols is 1. The van der Waals surface area contributed by atoms with Gasteiger partial charge in [-0.2, -0.15) is 0 Å². The number of carbonyl (C=O) groups is 1. The number of aromatic hydroxyl groups is 1. The van der Waals surface area contributed by atoms with Crippen LogP contribution in [0.5, 0.6) is 11.5 Å². The summed E-state index contributed by atoms with van der Waals surface area (Å²) in [5, 5.41) is 21.2. The molecule has 0 saturated heterocycles. The van der Waals surface area contributed by atoms with Crippen LogP contribution in [0.25, 0.3) is 22.3 Å². The number of nitrogens with one attached hydrogen (secondary N) is 1. The number of aromatic nitrogens is 2. The van der Waals surface area contributed by atoms with Crippen LogP contribution in [0.15, 0.2) is 58.3 Å². The first-order chi connectivity index (χ1) is 15.4. The van der Waals surface area contributed by atoms with E-state index in [0.717, 1.165) is 5.56 Å².